The molecule has 0 radical (unpaired) electrons. The van der Waals surface area contributed by atoms with E-state index in [4.69, 9.17) is 0 Å². The van der Waals surface area contributed by atoms with Crippen molar-refractivity contribution in [2.75, 3.05) is 11.9 Å². The topological polar surface area (TPSA) is 53.4 Å². The van der Waals surface area contributed by atoms with E-state index in [0.29, 0.717) is 10.9 Å². The number of hydrogen-bond donors (Lipinski definition) is 1. The molecular weight excluding hydrogens is 248 g/mol. The third-order valence-electron chi connectivity index (χ3n) is 3.58. The molecule has 1 fully saturated rings. The molecule has 1 saturated carbocycles. The summed E-state index contributed by atoms with van der Waals surface area (Å²) in [4.78, 5) is 18.3. The molecule has 1 aromatic heterocycles. The number of aromatic nitrogens is 1. The van der Waals surface area contributed by atoms with Crippen LogP contribution in [0.4, 0.5) is 5.13 Å². The lowest BCUT2D eigenvalue weighted by Crippen LogP contribution is -2.30. The molecule has 1 aliphatic carbocycles. The number of carboxylic acid groups (broad SMARTS) is 1. The number of carboxylic acids is 1. The van der Waals surface area contributed by atoms with Gasteiger partial charge in [0.2, 0.25) is 0 Å². The third kappa shape index (κ3) is 2.66. The maximum atomic E-state index is 11.2. The van der Waals surface area contributed by atoms with E-state index in [-0.39, 0.29) is 0 Å². The van der Waals surface area contributed by atoms with Gasteiger partial charge in [-0.05, 0) is 32.1 Å². The lowest BCUT2D eigenvalue weighted by molar-refractivity contribution is 0.0700. The lowest BCUT2D eigenvalue weighted by Gasteiger charge is -2.23. The van der Waals surface area contributed by atoms with Crippen molar-refractivity contribution >= 4 is 22.4 Å². The summed E-state index contributed by atoms with van der Waals surface area (Å²) in [7, 11) is 2.02. The van der Waals surface area contributed by atoms with E-state index in [2.05, 4.69) is 16.8 Å². The molecule has 0 saturated heterocycles. The fourth-order valence-electron chi connectivity index (χ4n) is 2.13. The number of nitrogens with zero attached hydrogens (tertiary/aromatic N) is 2. The highest BCUT2D eigenvalue weighted by Crippen LogP contribution is 2.37. The molecule has 0 amide bonds. The Morgan fingerprint density at radius 3 is 2.78 bits per heavy atom. The molecule has 0 spiro atoms. The minimum Gasteiger partial charge on any atom is -0.477 e. The number of aryl methyl sites for hydroxylation is 1. The van der Waals surface area contributed by atoms with Gasteiger partial charge in [0, 0.05) is 13.1 Å². The highest BCUT2D eigenvalue weighted by atomic mass is 32.1. The van der Waals surface area contributed by atoms with Crippen molar-refractivity contribution < 1.29 is 9.90 Å². The first-order valence-electron chi connectivity index (χ1n) is 6.50. The van der Waals surface area contributed by atoms with Crippen LogP contribution < -0.4 is 4.90 Å². The van der Waals surface area contributed by atoms with Gasteiger partial charge in [-0.3, -0.25) is 0 Å². The Kier molecular flexibility index (Phi) is 3.90. The zero-order chi connectivity index (χ0) is 13.3. The highest BCUT2D eigenvalue weighted by molar-refractivity contribution is 7.17. The third-order valence-corrected chi connectivity index (χ3v) is 4.76. The molecule has 1 aromatic rings. The summed E-state index contributed by atoms with van der Waals surface area (Å²) >= 11 is 1.30. The van der Waals surface area contributed by atoms with Gasteiger partial charge in [-0.2, -0.15) is 0 Å². The van der Waals surface area contributed by atoms with Crippen LogP contribution in [0.25, 0.3) is 0 Å². The van der Waals surface area contributed by atoms with Crippen LogP contribution in [0.1, 0.15) is 48.5 Å². The molecule has 1 aliphatic rings. The second-order valence-electron chi connectivity index (χ2n) is 5.02. The van der Waals surface area contributed by atoms with E-state index in [1.165, 1.54) is 24.2 Å². The quantitative estimate of drug-likeness (QED) is 0.861. The van der Waals surface area contributed by atoms with Crippen LogP contribution in [0.15, 0.2) is 0 Å². The summed E-state index contributed by atoms with van der Waals surface area (Å²) in [5.41, 5.74) is 0.736. The van der Waals surface area contributed by atoms with Crippen molar-refractivity contribution in [3.05, 3.63) is 10.6 Å². The zero-order valence-electron chi connectivity index (χ0n) is 11.1. The van der Waals surface area contributed by atoms with Gasteiger partial charge < -0.3 is 10.0 Å². The number of carbonyl (C=O) groups is 1. The van der Waals surface area contributed by atoms with Gasteiger partial charge in [0.1, 0.15) is 4.88 Å². The average Bonchev–Trinajstić information content (AvgIpc) is 3.09. The Bertz CT molecular complexity index is 440. The maximum Gasteiger partial charge on any atom is 0.347 e. The molecule has 1 unspecified atom stereocenters. The van der Waals surface area contributed by atoms with E-state index in [1.807, 2.05) is 14.0 Å². The summed E-state index contributed by atoms with van der Waals surface area (Å²) in [5.74, 6) is -0.100. The Morgan fingerprint density at radius 2 is 2.28 bits per heavy atom. The minimum atomic E-state index is -0.852. The summed E-state index contributed by atoms with van der Waals surface area (Å²) in [6.07, 6.45) is 4.23. The standard InChI is InChI=1S/C13H20N2O2S/c1-4-5-10-11(12(16)17)18-13(14-10)15(3)8(2)9-6-7-9/h8-9H,4-7H2,1-3H3,(H,16,17). The largest absolute Gasteiger partial charge is 0.477 e. The predicted molar refractivity (Wildman–Crippen MR) is 73.7 cm³/mol. The molecule has 4 nitrogen and oxygen atoms in total. The molecule has 2 rings (SSSR count). The number of anilines is 1. The molecular formula is C13H20N2O2S. The smallest absolute Gasteiger partial charge is 0.347 e. The molecule has 0 aromatic carbocycles. The van der Waals surface area contributed by atoms with Crippen LogP contribution in [-0.4, -0.2) is 29.1 Å². The second-order valence-corrected chi connectivity index (χ2v) is 5.99. The first kappa shape index (κ1) is 13.3. The molecule has 1 N–H and O–H groups in total. The monoisotopic (exact) mass is 268 g/mol. The fourth-order valence-corrected chi connectivity index (χ4v) is 3.13. The Balaban J connectivity index is 2.21. The average molecular weight is 268 g/mol. The lowest BCUT2D eigenvalue weighted by atomic mass is 10.2. The minimum absolute atomic E-state index is 0.404. The van der Waals surface area contributed by atoms with E-state index >= 15 is 0 Å². The summed E-state index contributed by atoms with van der Waals surface area (Å²) in [6.45, 7) is 4.24. The molecule has 1 atom stereocenters. The Morgan fingerprint density at radius 1 is 1.61 bits per heavy atom. The molecule has 100 valence electrons. The number of aromatic carboxylic acids is 1. The highest BCUT2D eigenvalue weighted by Gasteiger charge is 2.32. The molecule has 1 heterocycles. The van der Waals surface area contributed by atoms with Crippen molar-refractivity contribution in [3.8, 4) is 0 Å². The maximum absolute atomic E-state index is 11.2. The number of hydrogen-bond acceptors (Lipinski definition) is 4. The number of thiazole rings is 1. The van der Waals surface area contributed by atoms with Crippen molar-refractivity contribution in [3.63, 3.8) is 0 Å². The normalized spacial score (nSPS) is 16.6. The van der Waals surface area contributed by atoms with Gasteiger partial charge in [-0.1, -0.05) is 24.7 Å². The SMILES string of the molecule is CCCc1nc(N(C)C(C)C2CC2)sc1C(=O)O. The molecule has 0 aliphatic heterocycles. The van der Waals surface area contributed by atoms with E-state index < -0.39 is 5.97 Å². The fraction of sp³-hybridized carbons (Fsp3) is 0.692. The van der Waals surface area contributed by atoms with Crippen LogP contribution in [0.2, 0.25) is 0 Å². The summed E-state index contributed by atoms with van der Waals surface area (Å²) in [5, 5.41) is 10.0. The van der Waals surface area contributed by atoms with Crippen LogP contribution >= 0.6 is 11.3 Å². The van der Waals surface area contributed by atoms with Crippen LogP contribution in [0, 0.1) is 5.92 Å². The van der Waals surface area contributed by atoms with Gasteiger partial charge in [0.05, 0.1) is 5.69 Å². The second kappa shape index (κ2) is 5.26. The summed E-state index contributed by atoms with van der Waals surface area (Å²) < 4.78 is 0. The van der Waals surface area contributed by atoms with Crippen molar-refractivity contribution in [1.29, 1.82) is 0 Å². The summed E-state index contributed by atoms with van der Waals surface area (Å²) in [6, 6.07) is 0.451. The van der Waals surface area contributed by atoms with Gasteiger partial charge in [0.25, 0.3) is 0 Å². The zero-order valence-corrected chi connectivity index (χ0v) is 12.0. The molecule has 18 heavy (non-hydrogen) atoms. The predicted octanol–water partition coefficient (Wildman–Crippen LogP) is 3.03. The van der Waals surface area contributed by atoms with E-state index in [1.54, 1.807) is 0 Å². The van der Waals surface area contributed by atoms with Gasteiger partial charge >= 0.3 is 5.97 Å². The van der Waals surface area contributed by atoms with Crippen molar-refractivity contribution in [2.45, 2.75) is 45.6 Å². The van der Waals surface area contributed by atoms with Gasteiger partial charge in [-0.25, -0.2) is 9.78 Å². The van der Waals surface area contributed by atoms with Crippen LogP contribution in [0.5, 0.6) is 0 Å². The first-order chi connectivity index (χ1) is 8.54. The van der Waals surface area contributed by atoms with E-state index in [9.17, 15) is 9.90 Å². The Hall–Kier alpha value is -1.10. The van der Waals surface area contributed by atoms with Gasteiger partial charge in [-0.15, -0.1) is 0 Å². The molecule has 5 heteroatoms. The van der Waals surface area contributed by atoms with Crippen molar-refractivity contribution in [1.82, 2.24) is 4.98 Å². The number of rotatable bonds is 6. The molecule has 0 bridgehead atoms. The van der Waals surface area contributed by atoms with Crippen LogP contribution in [-0.2, 0) is 6.42 Å². The first-order valence-corrected chi connectivity index (χ1v) is 7.32. The van der Waals surface area contributed by atoms with Gasteiger partial charge in [0.15, 0.2) is 5.13 Å². The van der Waals surface area contributed by atoms with E-state index in [0.717, 1.165) is 29.6 Å². The Labute approximate surface area is 112 Å². The van der Waals surface area contributed by atoms with Crippen molar-refractivity contribution in [2.24, 2.45) is 5.92 Å². The van der Waals surface area contributed by atoms with Crippen LogP contribution in [0.3, 0.4) is 0 Å².